The lowest BCUT2D eigenvalue weighted by molar-refractivity contribution is -0.131. The van der Waals surface area contributed by atoms with Crippen LogP contribution in [-0.2, 0) is 11.3 Å². The highest BCUT2D eigenvalue weighted by molar-refractivity contribution is 5.75. The molecule has 0 saturated heterocycles. The number of carbonyl (C=O) groups excluding carboxylic acids is 1. The highest BCUT2D eigenvalue weighted by atomic mass is 16.3. The number of hydrogen-bond acceptors (Lipinski definition) is 4. The van der Waals surface area contributed by atoms with Crippen LogP contribution < -0.4 is 0 Å². The van der Waals surface area contributed by atoms with Gasteiger partial charge in [0.05, 0.1) is 11.8 Å². The van der Waals surface area contributed by atoms with Crippen molar-refractivity contribution in [2.75, 3.05) is 13.6 Å². The third-order valence-corrected chi connectivity index (χ3v) is 4.40. The van der Waals surface area contributed by atoms with Crippen molar-refractivity contribution in [1.29, 1.82) is 0 Å². The zero-order valence-electron chi connectivity index (χ0n) is 11.9. The SMILES string of the molecule is CN(CC1CCCC1O)C(=O)Cn1cc(C2CC2)nn1. The molecule has 2 aliphatic rings. The maximum Gasteiger partial charge on any atom is 0.244 e. The van der Waals surface area contributed by atoms with Crippen molar-refractivity contribution < 1.29 is 9.90 Å². The number of nitrogens with zero attached hydrogens (tertiary/aromatic N) is 4. The Hall–Kier alpha value is -1.43. The fourth-order valence-corrected chi connectivity index (χ4v) is 2.90. The topological polar surface area (TPSA) is 71.2 Å². The van der Waals surface area contributed by atoms with E-state index in [4.69, 9.17) is 0 Å². The Labute approximate surface area is 118 Å². The van der Waals surface area contributed by atoms with Crippen LogP contribution in [0.25, 0.3) is 0 Å². The molecule has 0 aliphatic heterocycles. The van der Waals surface area contributed by atoms with Crippen LogP contribution in [0.15, 0.2) is 6.20 Å². The Bertz CT molecular complexity index is 483. The summed E-state index contributed by atoms with van der Waals surface area (Å²) in [5.41, 5.74) is 1.01. The number of amides is 1. The molecule has 2 saturated carbocycles. The van der Waals surface area contributed by atoms with Gasteiger partial charge in [-0.05, 0) is 25.7 Å². The average molecular weight is 278 g/mol. The van der Waals surface area contributed by atoms with Crippen LogP contribution in [0, 0.1) is 5.92 Å². The van der Waals surface area contributed by atoms with Gasteiger partial charge in [-0.3, -0.25) is 4.79 Å². The molecule has 6 heteroatoms. The molecule has 2 aliphatic carbocycles. The van der Waals surface area contributed by atoms with E-state index in [1.807, 2.05) is 6.20 Å². The van der Waals surface area contributed by atoms with Crippen molar-refractivity contribution >= 4 is 5.91 Å². The number of aliphatic hydroxyl groups excluding tert-OH is 1. The van der Waals surface area contributed by atoms with Crippen LogP contribution in [0.3, 0.4) is 0 Å². The third-order valence-electron chi connectivity index (χ3n) is 4.40. The number of carbonyl (C=O) groups is 1. The summed E-state index contributed by atoms with van der Waals surface area (Å²) >= 11 is 0. The lowest BCUT2D eigenvalue weighted by Gasteiger charge is -2.23. The Balaban J connectivity index is 1.51. The van der Waals surface area contributed by atoms with Crippen molar-refractivity contribution in [2.24, 2.45) is 5.92 Å². The van der Waals surface area contributed by atoms with Gasteiger partial charge in [-0.1, -0.05) is 11.6 Å². The fourth-order valence-electron chi connectivity index (χ4n) is 2.90. The predicted molar refractivity (Wildman–Crippen MR) is 73.0 cm³/mol. The van der Waals surface area contributed by atoms with Crippen LogP contribution in [0.2, 0.25) is 0 Å². The predicted octanol–water partition coefficient (Wildman–Crippen LogP) is 0.775. The second-order valence-electron chi connectivity index (χ2n) is 6.15. The average Bonchev–Trinajstić information content (AvgIpc) is 3.05. The number of aliphatic hydroxyl groups is 1. The summed E-state index contributed by atoms with van der Waals surface area (Å²) in [6, 6.07) is 0. The Morgan fingerprint density at radius 3 is 2.90 bits per heavy atom. The first kappa shape index (κ1) is 13.5. The van der Waals surface area contributed by atoms with Crippen LogP contribution in [-0.4, -0.2) is 50.6 Å². The van der Waals surface area contributed by atoms with E-state index in [1.165, 1.54) is 12.8 Å². The zero-order chi connectivity index (χ0) is 14.1. The van der Waals surface area contributed by atoms with Gasteiger partial charge in [-0.15, -0.1) is 5.10 Å². The summed E-state index contributed by atoms with van der Waals surface area (Å²) in [6.45, 7) is 0.864. The van der Waals surface area contributed by atoms with Crippen LogP contribution >= 0.6 is 0 Å². The van der Waals surface area contributed by atoms with Gasteiger partial charge in [0.2, 0.25) is 5.91 Å². The molecule has 20 heavy (non-hydrogen) atoms. The second-order valence-corrected chi connectivity index (χ2v) is 6.15. The van der Waals surface area contributed by atoms with Crippen molar-refractivity contribution in [1.82, 2.24) is 19.9 Å². The monoisotopic (exact) mass is 278 g/mol. The molecular formula is C14H22N4O2. The highest BCUT2D eigenvalue weighted by Gasteiger charge is 2.28. The van der Waals surface area contributed by atoms with Gasteiger partial charge in [-0.2, -0.15) is 0 Å². The van der Waals surface area contributed by atoms with Crippen molar-refractivity contribution in [3.63, 3.8) is 0 Å². The van der Waals surface area contributed by atoms with Gasteiger partial charge in [0.1, 0.15) is 6.54 Å². The minimum atomic E-state index is -0.252. The molecule has 2 atom stereocenters. The lowest BCUT2D eigenvalue weighted by atomic mass is 10.1. The molecule has 0 aromatic carbocycles. The van der Waals surface area contributed by atoms with E-state index >= 15 is 0 Å². The van der Waals surface area contributed by atoms with Crippen molar-refractivity contribution in [3.05, 3.63) is 11.9 Å². The first-order valence-electron chi connectivity index (χ1n) is 7.45. The van der Waals surface area contributed by atoms with Gasteiger partial charge in [0.25, 0.3) is 0 Å². The maximum absolute atomic E-state index is 12.2. The van der Waals surface area contributed by atoms with Gasteiger partial charge < -0.3 is 10.0 Å². The van der Waals surface area contributed by atoms with Crippen LogP contribution in [0.4, 0.5) is 0 Å². The molecule has 1 N–H and O–H groups in total. The number of likely N-dealkylation sites (N-methyl/N-ethyl adjacent to an activating group) is 1. The minimum absolute atomic E-state index is 0.0244. The van der Waals surface area contributed by atoms with Gasteiger partial charge >= 0.3 is 0 Å². The molecule has 0 spiro atoms. The van der Waals surface area contributed by atoms with E-state index in [0.717, 1.165) is 25.0 Å². The normalized spacial score (nSPS) is 25.9. The summed E-state index contributed by atoms with van der Waals surface area (Å²) in [6.07, 6.45) is 6.93. The first-order valence-corrected chi connectivity index (χ1v) is 7.45. The number of rotatable bonds is 5. The number of aromatic nitrogens is 3. The molecule has 1 heterocycles. The molecule has 6 nitrogen and oxygen atoms in total. The van der Waals surface area contributed by atoms with E-state index in [9.17, 15) is 9.90 Å². The minimum Gasteiger partial charge on any atom is -0.393 e. The molecule has 110 valence electrons. The summed E-state index contributed by atoms with van der Waals surface area (Å²) in [7, 11) is 1.80. The molecule has 1 aromatic rings. The highest BCUT2D eigenvalue weighted by Crippen LogP contribution is 2.38. The summed E-state index contributed by atoms with van der Waals surface area (Å²) in [5, 5.41) is 17.9. The summed E-state index contributed by atoms with van der Waals surface area (Å²) in [4.78, 5) is 13.9. The van der Waals surface area contributed by atoms with Gasteiger partial charge in [0.15, 0.2) is 0 Å². The Morgan fingerprint density at radius 2 is 2.25 bits per heavy atom. The van der Waals surface area contributed by atoms with Gasteiger partial charge in [0, 0.05) is 31.6 Å². The van der Waals surface area contributed by atoms with E-state index in [0.29, 0.717) is 12.5 Å². The third kappa shape index (κ3) is 3.00. The standard InChI is InChI=1S/C14H22N4O2/c1-17(7-11-3-2-4-13(11)19)14(20)9-18-8-12(15-16-18)10-5-6-10/h8,10-11,13,19H,2-7,9H2,1H3. The Morgan fingerprint density at radius 1 is 1.45 bits per heavy atom. The van der Waals surface area contributed by atoms with Crippen LogP contribution in [0.5, 0.6) is 0 Å². The van der Waals surface area contributed by atoms with E-state index < -0.39 is 0 Å². The van der Waals surface area contributed by atoms with Gasteiger partial charge in [-0.25, -0.2) is 4.68 Å². The lowest BCUT2D eigenvalue weighted by Crippen LogP contribution is -2.36. The molecule has 2 fully saturated rings. The molecule has 1 aromatic heterocycles. The zero-order valence-corrected chi connectivity index (χ0v) is 11.9. The largest absolute Gasteiger partial charge is 0.393 e. The molecule has 0 bridgehead atoms. The molecular weight excluding hydrogens is 256 g/mol. The van der Waals surface area contributed by atoms with E-state index in [1.54, 1.807) is 16.6 Å². The van der Waals surface area contributed by atoms with E-state index in [-0.39, 0.29) is 24.5 Å². The Kier molecular flexibility index (Phi) is 3.74. The number of hydrogen-bond donors (Lipinski definition) is 1. The van der Waals surface area contributed by atoms with Crippen molar-refractivity contribution in [2.45, 2.75) is 50.7 Å². The summed E-state index contributed by atoms with van der Waals surface area (Å²) in [5.74, 6) is 0.809. The molecule has 0 radical (unpaired) electrons. The van der Waals surface area contributed by atoms with E-state index in [2.05, 4.69) is 10.3 Å². The smallest absolute Gasteiger partial charge is 0.244 e. The fraction of sp³-hybridized carbons (Fsp3) is 0.786. The van der Waals surface area contributed by atoms with Crippen LogP contribution in [0.1, 0.15) is 43.7 Å². The quantitative estimate of drug-likeness (QED) is 0.864. The molecule has 1 amide bonds. The molecule has 2 unspecified atom stereocenters. The first-order chi connectivity index (χ1) is 9.63. The van der Waals surface area contributed by atoms with Crippen molar-refractivity contribution in [3.8, 4) is 0 Å². The maximum atomic E-state index is 12.2. The second kappa shape index (κ2) is 5.52. The molecule has 3 rings (SSSR count). The summed E-state index contributed by atoms with van der Waals surface area (Å²) < 4.78 is 1.62.